The van der Waals surface area contributed by atoms with Gasteiger partial charge in [0.25, 0.3) is 5.91 Å². The van der Waals surface area contributed by atoms with Crippen LogP contribution in [0.1, 0.15) is 107 Å². The molecule has 3 N–H and O–H groups in total. The number of fused-ring (bicyclic) bond motifs is 1. The van der Waals surface area contributed by atoms with Gasteiger partial charge in [-0.05, 0) is 75.0 Å². The molecule has 3 aliphatic heterocycles. The average Bonchev–Trinajstić information content (AvgIpc) is 3.82. The number of aliphatic hydroxyl groups is 1. The smallest absolute Gasteiger partial charge is 0.289 e. The van der Waals surface area contributed by atoms with Gasteiger partial charge in [0.05, 0.1) is 41.5 Å². The fraction of sp³-hybridized carbons (Fsp3) is 0.574. The van der Waals surface area contributed by atoms with E-state index in [1.807, 2.05) is 23.0 Å². The van der Waals surface area contributed by atoms with Crippen molar-refractivity contribution in [1.29, 1.82) is 5.26 Å². The van der Waals surface area contributed by atoms with Crippen molar-refractivity contribution in [2.24, 2.45) is 16.7 Å². The van der Waals surface area contributed by atoms with Gasteiger partial charge in [-0.3, -0.25) is 4.79 Å². The van der Waals surface area contributed by atoms with E-state index >= 15 is 0 Å². The van der Waals surface area contributed by atoms with Gasteiger partial charge in [0, 0.05) is 125 Å². The highest BCUT2D eigenvalue weighted by molar-refractivity contribution is 6.31. The van der Waals surface area contributed by atoms with Gasteiger partial charge in [0.15, 0.2) is 5.65 Å². The summed E-state index contributed by atoms with van der Waals surface area (Å²) in [6.45, 7) is 21.1. The lowest BCUT2D eigenvalue weighted by atomic mass is 9.49. The molecule has 1 aromatic carbocycles. The Hall–Kier alpha value is -5.80. The number of hydrogen-bond acceptors (Lipinski definition) is 15. The Kier molecular flexibility index (Phi) is 16.0. The van der Waals surface area contributed by atoms with Crippen LogP contribution in [0.3, 0.4) is 0 Å². The van der Waals surface area contributed by atoms with Crippen molar-refractivity contribution in [3.8, 4) is 17.7 Å². The highest BCUT2D eigenvalue weighted by Gasteiger charge is 2.64. The molecule has 1 unspecified atom stereocenters. The number of hydrogen-bond donors (Lipinski definition) is 3. The number of nitrogens with one attached hydrogen (secondary N) is 2. The maximum Gasteiger partial charge on any atom is 0.289 e. The number of nitriles is 1. The van der Waals surface area contributed by atoms with Crippen molar-refractivity contribution in [2.45, 2.75) is 111 Å². The number of amides is 1. The summed E-state index contributed by atoms with van der Waals surface area (Å²) in [7, 11) is 0. The fourth-order valence-electron chi connectivity index (χ4n) is 11.9. The van der Waals surface area contributed by atoms with Crippen LogP contribution in [0.15, 0.2) is 61.2 Å². The number of anilines is 3. The predicted molar refractivity (Wildman–Crippen MR) is 280 cm³/mol. The molecule has 18 heteroatoms. The summed E-state index contributed by atoms with van der Waals surface area (Å²) >= 11 is 6.27. The summed E-state index contributed by atoms with van der Waals surface area (Å²) in [5, 5.41) is 30.8. The number of halogens is 1. The van der Waals surface area contributed by atoms with Crippen LogP contribution in [0.5, 0.6) is 11.6 Å². The van der Waals surface area contributed by atoms with E-state index in [2.05, 4.69) is 103 Å². The third kappa shape index (κ3) is 11.4. The SMILES string of the molecule is CCc1cnn2c(NCc3ccc(OCCCN4CCN(CC5CCN(c6cnc(C(=O)N[C@H]7C(C)(C)[C@H](Oc8ccc(C#N)c(Cl)c8)C7(C)C)nc6)CC5)CC4)nc3)cc(N3CCCCC3CCO)nc12. The summed E-state index contributed by atoms with van der Waals surface area (Å²) in [4.78, 5) is 42.0. The number of carbonyl (C=O) groups excluding carboxylic acids is 1. The molecule has 9 rings (SSSR count). The molecule has 0 radical (unpaired) electrons. The summed E-state index contributed by atoms with van der Waals surface area (Å²) in [5.41, 5.74) is 3.62. The molecule has 0 bridgehead atoms. The van der Waals surface area contributed by atoms with E-state index in [9.17, 15) is 15.2 Å². The van der Waals surface area contributed by atoms with Gasteiger partial charge < -0.3 is 44.8 Å². The molecule has 1 atom stereocenters. The van der Waals surface area contributed by atoms with Gasteiger partial charge in [-0.15, -0.1) is 0 Å². The second-order valence-corrected chi connectivity index (χ2v) is 21.7. The van der Waals surface area contributed by atoms with Crippen LogP contribution in [-0.2, 0) is 13.0 Å². The lowest BCUT2D eigenvalue weighted by Gasteiger charge is -2.63. The number of aliphatic hydroxyl groups excluding tert-OH is 1. The first kappa shape index (κ1) is 51.1. The van der Waals surface area contributed by atoms with E-state index < -0.39 is 0 Å². The van der Waals surface area contributed by atoms with Gasteiger partial charge >= 0.3 is 0 Å². The van der Waals surface area contributed by atoms with E-state index in [-0.39, 0.29) is 47.4 Å². The van der Waals surface area contributed by atoms with Crippen molar-refractivity contribution in [2.75, 3.05) is 87.2 Å². The minimum atomic E-state index is -0.384. The Morgan fingerprint density at radius 3 is 2.38 bits per heavy atom. The molecule has 4 fully saturated rings. The molecule has 17 nitrogen and oxygen atoms in total. The molecule has 72 heavy (non-hydrogen) atoms. The molecule has 1 saturated carbocycles. The molecular formula is C54H72ClN13O4. The molecule has 7 heterocycles. The molecule has 4 aliphatic rings. The first-order valence-corrected chi connectivity index (χ1v) is 26.5. The lowest BCUT2D eigenvalue weighted by Crippen LogP contribution is -2.74. The van der Waals surface area contributed by atoms with Crippen LogP contribution in [0.4, 0.5) is 17.3 Å². The topological polar surface area (TPSA) is 185 Å². The largest absolute Gasteiger partial charge is 0.489 e. The number of piperazine rings is 1. The minimum absolute atomic E-state index is 0.156. The highest BCUT2D eigenvalue weighted by Crippen LogP contribution is 2.55. The highest BCUT2D eigenvalue weighted by atomic mass is 35.5. The number of benzene rings is 1. The number of aromatic nitrogens is 6. The van der Waals surface area contributed by atoms with Gasteiger partial charge in [-0.25, -0.2) is 19.9 Å². The summed E-state index contributed by atoms with van der Waals surface area (Å²) in [6.07, 6.45) is 15.3. The molecular weight excluding hydrogens is 930 g/mol. The van der Waals surface area contributed by atoms with Gasteiger partial charge in [-0.2, -0.15) is 14.9 Å². The number of pyridine rings is 1. The zero-order valence-electron chi connectivity index (χ0n) is 42.7. The number of ether oxygens (including phenoxy) is 2. The third-order valence-electron chi connectivity index (χ3n) is 15.7. The molecule has 384 valence electrons. The van der Waals surface area contributed by atoms with E-state index in [4.69, 9.17) is 26.1 Å². The van der Waals surface area contributed by atoms with Crippen LogP contribution >= 0.6 is 11.6 Å². The van der Waals surface area contributed by atoms with Crippen LogP contribution in [0.25, 0.3) is 5.65 Å². The number of rotatable bonds is 19. The molecule has 3 saturated heterocycles. The number of carbonyl (C=O) groups is 1. The number of nitrogens with zero attached hydrogens (tertiary/aromatic N) is 11. The normalized spacial score (nSPS) is 21.5. The second-order valence-electron chi connectivity index (χ2n) is 21.3. The van der Waals surface area contributed by atoms with Crippen molar-refractivity contribution in [3.63, 3.8) is 0 Å². The Morgan fingerprint density at radius 2 is 1.68 bits per heavy atom. The maximum atomic E-state index is 13.4. The third-order valence-corrected chi connectivity index (χ3v) is 16.0. The van der Waals surface area contributed by atoms with E-state index in [1.165, 1.54) is 6.42 Å². The van der Waals surface area contributed by atoms with Gasteiger partial charge in [0.2, 0.25) is 11.7 Å². The standard InChI is InChI=1S/C54H72ClN13O4/c1-6-39-33-61-68-45(29-46(62-49(39)68)67-19-8-7-10-41(67)17-26-69)57-31-38-11-14-47(58-32-38)71-27-9-18-64-22-24-65(25-23-64)36-37-15-20-66(21-16-37)42-34-59-48(60-35-42)50(70)63-51-53(2,3)52(54(51,4)5)72-43-13-12-40(30-56)44(55)28-43/h11-14,28-29,32-35,37,41,51-52,57,69H,6-10,15-27,31,36H2,1-5H3,(H,63,70)/t41?,51-,52-. The Labute approximate surface area is 429 Å². The minimum Gasteiger partial charge on any atom is -0.489 e. The summed E-state index contributed by atoms with van der Waals surface area (Å²) in [5.74, 6) is 3.57. The Balaban J connectivity index is 0.658. The average molecular weight is 1000 g/mol. The summed E-state index contributed by atoms with van der Waals surface area (Å²) < 4.78 is 14.4. The van der Waals surface area contributed by atoms with Crippen LogP contribution in [0.2, 0.25) is 5.02 Å². The van der Waals surface area contributed by atoms with Crippen molar-refractivity contribution in [3.05, 3.63) is 88.7 Å². The van der Waals surface area contributed by atoms with E-state index in [0.29, 0.717) is 41.3 Å². The van der Waals surface area contributed by atoms with Crippen molar-refractivity contribution < 1.29 is 19.4 Å². The number of piperidine rings is 2. The monoisotopic (exact) mass is 1000 g/mol. The van der Waals surface area contributed by atoms with E-state index in [1.54, 1.807) is 30.6 Å². The van der Waals surface area contributed by atoms with Crippen LogP contribution in [0, 0.1) is 28.1 Å². The quantitative estimate of drug-likeness (QED) is 0.0701. The van der Waals surface area contributed by atoms with Crippen molar-refractivity contribution >= 4 is 40.5 Å². The molecule has 1 aliphatic carbocycles. The molecule has 4 aromatic heterocycles. The molecule has 0 spiro atoms. The first-order valence-electron chi connectivity index (χ1n) is 26.1. The zero-order valence-corrected chi connectivity index (χ0v) is 43.5. The molecule has 1 amide bonds. The van der Waals surface area contributed by atoms with Crippen LogP contribution in [-0.4, -0.2) is 141 Å². The van der Waals surface area contributed by atoms with Crippen molar-refractivity contribution in [1.82, 2.24) is 44.7 Å². The predicted octanol–water partition coefficient (Wildman–Crippen LogP) is 7.27. The first-order chi connectivity index (χ1) is 34.8. The van der Waals surface area contributed by atoms with Gasteiger partial charge in [-0.1, -0.05) is 52.3 Å². The maximum absolute atomic E-state index is 13.4. The Morgan fingerprint density at radius 1 is 0.917 bits per heavy atom. The fourth-order valence-corrected chi connectivity index (χ4v) is 12.1. The summed E-state index contributed by atoms with van der Waals surface area (Å²) in [6, 6.07) is 13.4. The van der Waals surface area contributed by atoms with Gasteiger partial charge in [0.1, 0.15) is 29.6 Å². The zero-order chi connectivity index (χ0) is 50.4. The Bertz CT molecular complexity index is 2640. The lowest BCUT2D eigenvalue weighted by molar-refractivity contribution is -0.164. The van der Waals surface area contributed by atoms with Crippen LogP contribution < -0.4 is 29.9 Å². The molecule has 5 aromatic rings. The van der Waals surface area contributed by atoms with E-state index in [0.717, 1.165) is 138 Å². The number of aryl methyl sites for hydroxylation is 1. The second kappa shape index (κ2) is 22.5.